The molecule has 9 heteroatoms. The highest BCUT2D eigenvalue weighted by molar-refractivity contribution is 6.08. The van der Waals surface area contributed by atoms with Crippen LogP contribution in [0.25, 0.3) is 16.6 Å². The molecular formula is C25H27N5O4. The molecule has 0 atom stereocenters. The normalized spacial score (nSPS) is 11.5. The van der Waals surface area contributed by atoms with Gasteiger partial charge in [0.15, 0.2) is 0 Å². The first-order chi connectivity index (χ1) is 16.2. The number of carbonyl (C=O) groups is 2. The van der Waals surface area contributed by atoms with E-state index in [1.54, 1.807) is 39.7 Å². The van der Waals surface area contributed by atoms with Crippen LogP contribution >= 0.6 is 0 Å². The first-order valence-corrected chi connectivity index (χ1v) is 11.0. The minimum Gasteiger partial charge on any atom is -0.444 e. The number of amides is 2. The van der Waals surface area contributed by atoms with Crippen molar-refractivity contribution in [2.24, 2.45) is 0 Å². The third kappa shape index (κ3) is 4.63. The summed E-state index contributed by atoms with van der Waals surface area (Å²) >= 11 is 0. The number of fused-ring (bicyclic) bond motifs is 3. The summed E-state index contributed by atoms with van der Waals surface area (Å²) in [4.78, 5) is 42.6. The van der Waals surface area contributed by atoms with Crippen LogP contribution in [0.1, 0.15) is 43.6 Å². The molecule has 4 rings (SSSR count). The molecule has 4 aromatic rings. The number of ether oxygens (including phenoxy) is 1. The highest BCUT2D eigenvalue weighted by Gasteiger charge is 2.23. The molecule has 0 spiro atoms. The van der Waals surface area contributed by atoms with Crippen molar-refractivity contribution in [3.8, 4) is 0 Å². The van der Waals surface area contributed by atoms with E-state index in [0.29, 0.717) is 28.8 Å². The number of benzene rings is 2. The molecule has 2 aromatic heterocycles. The number of para-hydroxylation sites is 2. The first kappa shape index (κ1) is 23.0. The number of hydrogen-bond donors (Lipinski definition) is 2. The highest BCUT2D eigenvalue weighted by atomic mass is 16.6. The number of nitrogens with zero attached hydrogens (tertiary/aromatic N) is 3. The largest absolute Gasteiger partial charge is 0.444 e. The van der Waals surface area contributed by atoms with E-state index in [1.807, 2.05) is 45.9 Å². The summed E-state index contributed by atoms with van der Waals surface area (Å²) in [6.45, 7) is 8.02. The maximum Gasteiger partial charge on any atom is 0.410 e. The van der Waals surface area contributed by atoms with Crippen molar-refractivity contribution in [3.05, 3.63) is 76.2 Å². The maximum absolute atomic E-state index is 13.2. The lowest BCUT2D eigenvalue weighted by molar-refractivity contribution is 0.0245. The summed E-state index contributed by atoms with van der Waals surface area (Å²) in [6, 6.07) is 14.3. The van der Waals surface area contributed by atoms with Crippen LogP contribution in [0.2, 0.25) is 0 Å². The van der Waals surface area contributed by atoms with Crippen molar-refractivity contribution in [2.75, 3.05) is 11.9 Å². The summed E-state index contributed by atoms with van der Waals surface area (Å²) < 4.78 is 7.03. The Morgan fingerprint density at radius 2 is 1.82 bits per heavy atom. The fourth-order valence-corrected chi connectivity index (χ4v) is 3.65. The highest BCUT2D eigenvalue weighted by Crippen LogP contribution is 2.21. The van der Waals surface area contributed by atoms with E-state index in [0.717, 1.165) is 5.56 Å². The van der Waals surface area contributed by atoms with Crippen LogP contribution in [0.3, 0.4) is 0 Å². The Kier molecular flexibility index (Phi) is 6.10. The van der Waals surface area contributed by atoms with Gasteiger partial charge in [0.25, 0.3) is 11.5 Å². The molecule has 0 unspecified atom stereocenters. The van der Waals surface area contributed by atoms with Crippen LogP contribution in [-0.4, -0.2) is 43.6 Å². The van der Waals surface area contributed by atoms with Crippen LogP contribution < -0.4 is 10.9 Å². The lowest BCUT2D eigenvalue weighted by atomic mass is 10.1. The van der Waals surface area contributed by atoms with E-state index >= 15 is 0 Å². The van der Waals surface area contributed by atoms with Gasteiger partial charge in [-0.05, 0) is 51.5 Å². The molecule has 34 heavy (non-hydrogen) atoms. The molecule has 0 bridgehead atoms. The van der Waals surface area contributed by atoms with Crippen LogP contribution in [-0.2, 0) is 11.3 Å². The van der Waals surface area contributed by atoms with E-state index in [4.69, 9.17) is 4.74 Å². The van der Waals surface area contributed by atoms with Crippen molar-refractivity contribution in [1.82, 2.24) is 19.5 Å². The minimum absolute atomic E-state index is 0.233. The molecule has 176 valence electrons. The number of rotatable bonds is 5. The summed E-state index contributed by atoms with van der Waals surface area (Å²) in [7, 11) is 0. The van der Waals surface area contributed by atoms with Gasteiger partial charge in [0.1, 0.15) is 16.8 Å². The Hall–Kier alpha value is -4.14. The quantitative estimate of drug-likeness (QED) is 0.463. The predicted octanol–water partition coefficient (Wildman–Crippen LogP) is 4.19. The zero-order valence-electron chi connectivity index (χ0n) is 19.6. The summed E-state index contributed by atoms with van der Waals surface area (Å²) in [5.74, 6) is -0.423. The van der Waals surface area contributed by atoms with Gasteiger partial charge in [-0.2, -0.15) is 5.10 Å². The van der Waals surface area contributed by atoms with Crippen molar-refractivity contribution < 1.29 is 14.3 Å². The zero-order chi connectivity index (χ0) is 24.5. The molecule has 0 fully saturated rings. The molecule has 0 radical (unpaired) electrons. The van der Waals surface area contributed by atoms with Gasteiger partial charge in [-0.15, -0.1) is 0 Å². The Labute approximate surface area is 196 Å². The third-order valence-corrected chi connectivity index (χ3v) is 5.28. The fourth-order valence-electron chi connectivity index (χ4n) is 3.65. The molecule has 0 aliphatic rings. The van der Waals surface area contributed by atoms with E-state index in [2.05, 4.69) is 15.4 Å². The average Bonchev–Trinajstić information content (AvgIpc) is 3.21. The number of aromatic nitrogens is 3. The molecule has 2 heterocycles. The molecule has 2 amide bonds. The van der Waals surface area contributed by atoms with Gasteiger partial charge in [0, 0.05) is 12.2 Å². The second-order valence-corrected chi connectivity index (χ2v) is 8.90. The van der Waals surface area contributed by atoms with Crippen LogP contribution in [0, 0.1) is 0 Å². The number of anilines is 1. The lowest BCUT2D eigenvalue weighted by Gasteiger charge is -2.27. The number of H-pyrrole nitrogens is 1. The first-order valence-electron chi connectivity index (χ1n) is 11.0. The lowest BCUT2D eigenvalue weighted by Crippen LogP contribution is -2.36. The third-order valence-electron chi connectivity index (χ3n) is 5.28. The molecule has 2 aromatic carbocycles. The van der Waals surface area contributed by atoms with E-state index in [-0.39, 0.29) is 17.7 Å². The Balaban J connectivity index is 1.62. The molecule has 0 saturated carbocycles. The Morgan fingerprint density at radius 1 is 1.12 bits per heavy atom. The van der Waals surface area contributed by atoms with Gasteiger partial charge >= 0.3 is 6.09 Å². The van der Waals surface area contributed by atoms with Crippen molar-refractivity contribution >= 4 is 34.2 Å². The fraction of sp³-hybridized carbons (Fsp3) is 0.280. The van der Waals surface area contributed by atoms with Gasteiger partial charge in [-0.3, -0.25) is 9.59 Å². The summed E-state index contributed by atoms with van der Waals surface area (Å²) in [5.41, 5.74) is 1.55. The van der Waals surface area contributed by atoms with Crippen molar-refractivity contribution in [2.45, 2.75) is 39.8 Å². The second kappa shape index (κ2) is 9.01. The standard InChI is InChI=1S/C25H27N5O4/c1-5-29(24(33)34-25(2,3)4)15-16-10-6-8-12-19(16)27-23(32)18-14-26-30-20-13-9-7-11-17(20)22(31)28-21(18)30/h6-14H,5,15H2,1-4H3,(H,27,32)(H,28,31). The topological polar surface area (TPSA) is 109 Å². The average molecular weight is 462 g/mol. The molecule has 2 N–H and O–H groups in total. The van der Waals surface area contributed by atoms with Gasteiger partial charge < -0.3 is 19.9 Å². The van der Waals surface area contributed by atoms with E-state index in [1.165, 1.54) is 6.20 Å². The smallest absolute Gasteiger partial charge is 0.410 e. The number of nitrogens with one attached hydrogen (secondary N) is 2. The van der Waals surface area contributed by atoms with Crippen molar-refractivity contribution in [1.29, 1.82) is 0 Å². The number of hydrogen-bond acceptors (Lipinski definition) is 5. The SMILES string of the molecule is CCN(Cc1ccccc1NC(=O)c1cnn2c1[nH]c(=O)c1ccccc12)C(=O)OC(C)(C)C. The second-order valence-electron chi connectivity index (χ2n) is 8.90. The zero-order valence-corrected chi connectivity index (χ0v) is 19.6. The Morgan fingerprint density at radius 3 is 2.56 bits per heavy atom. The van der Waals surface area contributed by atoms with E-state index < -0.39 is 17.6 Å². The molecule has 0 aliphatic heterocycles. The van der Waals surface area contributed by atoms with Crippen LogP contribution in [0.4, 0.5) is 10.5 Å². The number of carbonyl (C=O) groups excluding carboxylic acids is 2. The molecular weight excluding hydrogens is 434 g/mol. The monoisotopic (exact) mass is 461 g/mol. The number of aromatic amines is 1. The van der Waals surface area contributed by atoms with Crippen LogP contribution in [0.5, 0.6) is 0 Å². The minimum atomic E-state index is -0.608. The van der Waals surface area contributed by atoms with E-state index in [9.17, 15) is 14.4 Å². The van der Waals surface area contributed by atoms with Crippen molar-refractivity contribution in [3.63, 3.8) is 0 Å². The van der Waals surface area contributed by atoms with Crippen LogP contribution in [0.15, 0.2) is 59.5 Å². The summed E-state index contributed by atoms with van der Waals surface area (Å²) in [5, 5.41) is 7.69. The molecule has 0 saturated heterocycles. The Bertz CT molecular complexity index is 1430. The predicted molar refractivity (Wildman–Crippen MR) is 130 cm³/mol. The van der Waals surface area contributed by atoms with Gasteiger partial charge in [-0.1, -0.05) is 30.3 Å². The molecule has 9 nitrogen and oxygen atoms in total. The van der Waals surface area contributed by atoms with Gasteiger partial charge in [0.2, 0.25) is 0 Å². The maximum atomic E-state index is 13.2. The molecule has 0 aliphatic carbocycles. The van der Waals surface area contributed by atoms with Gasteiger partial charge in [0.05, 0.1) is 23.6 Å². The summed E-state index contributed by atoms with van der Waals surface area (Å²) in [6.07, 6.45) is 0.998. The van der Waals surface area contributed by atoms with Gasteiger partial charge in [-0.25, -0.2) is 9.31 Å².